The molecule has 0 aromatic heterocycles. The van der Waals surface area contributed by atoms with Crippen LogP contribution in [0.5, 0.6) is 5.75 Å². The molecule has 0 spiro atoms. The largest absolute Gasteiger partial charge is 0.494 e. The smallest absolute Gasteiger partial charge is 0.224 e. The standard InChI is InChI=1S/C25H33FN2O2/c1-16-10-20(11-17(2)24(16)27-23(29)14-25(3,4)5)28-9-7-8-18-13-22(30-6)21(26)12-19(18)15-28/h10-13H,7-9,14-15H2,1-6H3,(H,27,29). The number of benzene rings is 2. The zero-order chi connectivity index (χ0) is 22.1. The number of ether oxygens (including phenoxy) is 1. The van der Waals surface area contributed by atoms with Crippen LogP contribution >= 0.6 is 0 Å². The number of carbonyl (C=O) groups excluding carboxylic acids is 1. The Morgan fingerprint density at radius 2 is 1.80 bits per heavy atom. The molecule has 3 rings (SSSR count). The molecule has 1 heterocycles. The van der Waals surface area contributed by atoms with Gasteiger partial charge < -0.3 is 15.0 Å². The summed E-state index contributed by atoms with van der Waals surface area (Å²) in [5.74, 6) is 0.0289. The van der Waals surface area contributed by atoms with Gasteiger partial charge in [0, 0.05) is 30.9 Å². The number of nitrogens with zero attached hydrogens (tertiary/aromatic N) is 1. The summed E-state index contributed by atoms with van der Waals surface area (Å²) < 4.78 is 19.4. The second-order valence-corrected chi connectivity index (χ2v) is 9.52. The van der Waals surface area contributed by atoms with E-state index in [1.807, 2.05) is 19.9 Å². The molecule has 1 N–H and O–H groups in total. The van der Waals surface area contributed by atoms with Crippen molar-refractivity contribution >= 4 is 17.3 Å². The Labute approximate surface area is 179 Å². The Balaban J connectivity index is 1.84. The molecule has 30 heavy (non-hydrogen) atoms. The normalized spacial score (nSPS) is 14.2. The van der Waals surface area contributed by atoms with E-state index in [2.05, 4.69) is 43.1 Å². The van der Waals surface area contributed by atoms with Crippen molar-refractivity contribution in [1.29, 1.82) is 0 Å². The van der Waals surface area contributed by atoms with Gasteiger partial charge >= 0.3 is 0 Å². The van der Waals surface area contributed by atoms with Crippen LogP contribution in [0.15, 0.2) is 24.3 Å². The second kappa shape index (κ2) is 8.66. The van der Waals surface area contributed by atoms with Crippen molar-refractivity contribution in [2.45, 2.75) is 60.4 Å². The number of methoxy groups -OCH3 is 1. The summed E-state index contributed by atoms with van der Waals surface area (Å²) in [5.41, 5.74) is 6.17. The molecule has 0 saturated heterocycles. The van der Waals surface area contributed by atoms with Gasteiger partial charge in [0.05, 0.1) is 7.11 Å². The Hall–Kier alpha value is -2.56. The first-order valence-electron chi connectivity index (χ1n) is 10.6. The van der Waals surface area contributed by atoms with Gasteiger partial charge in [0.25, 0.3) is 0 Å². The summed E-state index contributed by atoms with van der Waals surface area (Å²) >= 11 is 0. The molecule has 1 aliphatic heterocycles. The van der Waals surface area contributed by atoms with Gasteiger partial charge in [-0.15, -0.1) is 0 Å². The zero-order valence-electron chi connectivity index (χ0n) is 19.0. The third-order valence-corrected chi connectivity index (χ3v) is 5.55. The molecule has 0 radical (unpaired) electrons. The van der Waals surface area contributed by atoms with Gasteiger partial charge in [0.15, 0.2) is 11.6 Å². The first-order valence-corrected chi connectivity index (χ1v) is 10.6. The van der Waals surface area contributed by atoms with Gasteiger partial charge in [-0.2, -0.15) is 0 Å². The Morgan fingerprint density at radius 1 is 1.13 bits per heavy atom. The van der Waals surface area contributed by atoms with E-state index < -0.39 is 0 Å². The third-order valence-electron chi connectivity index (χ3n) is 5.55. The Kier molecular flexibility index (Phi) is 6.39. The molecule has 1 aliphatic rings. The number of rotatable bonds is 4. The lowest BCUT2D eigenvalue weighted by Crippen LogP contribution is -2.24. The molecule has 2 aromatic carbocycles. The van der Waals surface area contributed by atoms with E-state index in [-0.39, 0.29) is 17.1 Å². The van der Waals surface area contributed by atoms with Gasteiger partial charge in [0.2, 0.25) is 5.91 Å². The first kappa shape index (κ1) is 22.1. The highest BCUT2D eigenvalue weighted by atomic mass is 19.1. The van der Waals surface area contributed by atoms with Crippen LogP contribution in [0.4, 0.5) is 15.8 Å². The average Bonchev–Trinajstić information content (AvgIpc) is 2.84. The highest BCUT2D eigenvalue weighted by molar-refractivity contribution is 5.93. The summed E-state index contributed by atoms with van der Waals surface area (Å²) in [7, 11) is 1.50. The lowest BCUT2D eigenvalue weighted by molar-refractivity contribution is -0.117. The third kappa shape index (κ3) is 5.13. The van der Waals surface area contributed by atoms with Crippen LogP contribution in [-0.2, 0) is 17.8 Å². The molecule has 162 valence electrons. The molecule has 0 atom stereocenters. The number of anilines is 2. The molecule has 0 fully saturated rings. The van der Waals surface area contributed by atoms with Gasteiger partial charge in [-0.25, -0.2) is 4.39 Å². The second-order valence-electron chi connectivity index (χ2n) is 9.52. The van der Waals surface area contributed by atoms with Crippen molar-refractivity contribution in [3.63, 3.8) is 0 Å². The quantitative estimate of drug-likeness (QED) is 0.692. The minimum absolute atomic E-state index is 0.0366. The molecule has 2 aromatic rings. The van der Waals surface area contributed by atoms with Crippen LogP contribution in [-0.4, -0.2) is 19.6 Å². The minimum Gasteiger partial charge on any atom is -0.494 e. The maximum absolute atomic E-state index is 14.3. The molecule has 0 saturated carbocycles. The number of hydrogen-bond donors (Lipinski definition) is 1. The van der Waals surface area contributed by atoms with Crippen LogP contribution in [0.2, 0.25) is 0 Å². The zero-order valence-corrected chi connectivity index (χ0v) is 19.0. The van der Waals surface area contributed by atoms with Crippen LogP contribution in [0.3, 0.4) is 0 Å². The lowest BCUT2D eigenvalue weighted by atomic mass is 9.92. The summed E-state index contributed by atoms with van der Waals surface area (Å²) in [4.78, 5) is 14.7. The highest BCUT2D eigenvalue weighted by Crippen LogP contribution is 2.32. The fraction of sp³-hybridized carbons (Fsp3) is 0.480. The van der Waals surface area contributed by atoms with Crippen molar-refractivity contribution in [2.75, 3.05) is 23.9 Å². The van der Waals surface area contributed by atoms with E-state index in [0.717, 1.165) is 53.0 Å². The number of amides is 1. The molecular formula is C25H33FN2O2. The fourth-order valence-corrected chi connectivity index (χ4v) is 4.12. The van der Waals surface area contributed by atoms with E-state index >= 15 is 0 Å². The van der Waals surface area contributed by atoms with Crippen molar-refractivity contribution in [2.24, 2.45) is 5.41 Å². The molecule has 4 nitrogen and oxygen atoms in total. The van der Waals surface area contributed by atoms with Crippen molar-refractivity contribution in [3.8, 4) is 5.75 Å². The van der Waals surface area contributed by atoms with Gasteiger partial charge in [0.1, 0.15) is 0 Å². The lowest BCUT2D eigenvalue weighted by Gasteiger charge is -2.26. The number of carbonyl (C=O) groups is 1. The minimum atomic E-state index is -0.317. The summed E-state index contributed by atoms with van der Waals surface area (Å²) in [6, 6.07) is 7.67. The molecule has 1 amide bonds. The van der Waals surface area contributed by atoms with Crippen LogP contribution in [0, 0.1) is 25.1 Å². The number of hydrogen-bond acceptors (Lipinski definition) is 3. The molecular weight excluding hydrogens is 379 g/mol. The maximum atomic E-state index is 14.3. The highest BCUT2D eigenvalue weighted by Gasteiger charge is 2.20. The number of fused-ring (bicyclic) bond motifs is 1. The summed E-state index contributed by atoms with van der Waals surface area (Å²) in [5, 5.41) is 3.09. The van der Waals surface area contributed by atoms with Crippen molar-refractivity contribution < 1.29 is 13.9 Å². The van der Waals surface area contributed by atoms with Crippen molar-refractivity contribution in [1.82, 2.24) is 0 Å². The van der Waals surface area contributed by atoms with Gasteiger partial charge in [-0.05, 0) is 78.6 Å². The van der Waals surface area contributed by atoms with E-state index in [1.165, 1.54) is 7.11 Å². The first-order chi connectivity index (χ1) is 14.1. The summed E-state index contributed by atoms with van der Waals surface area (Å²) in [6.07, 6.45) is 2.37. The van der Waals surface area contributed by atoms with E-state index in [9.17, 15) is 9.18 Å². The van der Waals surface area contributed by atoms with Crippen LogP contribution < -0.4 is 15.0 Å². The van der Waals surface area contributed by atoms with Crippen LogP contribution in [0.1, 0.15) is 55.9 Å². The molecule has 0 aliphatic carbocycles. The number of aryl methyl sites for hydroxylation is 3. The topological polar surface area (TPSA) is 41.6 Å². The van der Waals surface area contributed by atoms with Crippen LogP contribution in [0.25, 0.3) is 0 Å². The van der Waals surface area contributed by atoms with Crippen molar-refractivity contribution in [3.05, 3.63) is 52.3 Å². The average molecular weight is 413 g/mol. The Morgan fingerprint density at radius 3 is 2.40 bits per heavy atom. The molecule has 0 unspecified atom stereocenters. The van der Waals surface area contributed by atoms with Gasteiger partial charge in [-0.1, -0.05) is 20.8 Å². The number of halogens is 1. The Bertz CT molecular complexity index is 924. The maximum Gasteiger partial charge on any atom is 0.224 e. The molecule has 0 bridgehead atoms. The predicted molar refractivity (Wildman–Crippen MR) is 121 cm³/mol. The van der Waals surface area contributed by atoms with E-state index in [4.69, 9.17) is 4.74 Å². The van der Waals surface area contributed by atoms with E-state index in [0.29, 0.717) is 18.7 Å². The van der Waals surface area contributed by atoms with Gasteiger partial charge in [-0.3, -0.25) is 4.79 Å². The summed E-state index contributed by atoms with van der Waals surface area (Å²) in [6.45, 7) is 11.8. The monoisotopic (exact) mass is 412 g/mol. The molecule has 5 heteroatoms. The fourth-order valence-electron chi connectivity index (χ4n) is 4.12. The number of nitrogens with one attached hydrogen (secondary N) is 1. The predicted octanol–water partition coefficient (Wildman–Crippen LogP) is 5.78. The van der Waals surface area contributed by atoms with E-state index in [1.54, 1.807) is 6.07 Å². The SMILES string of the molecule is COc1cc2c(cc1F)CN(c1cc(C)c(NC(=O)CC(C)(C)C)c(C)c1)CCC2.